The summed E-state index contributed by atoms with van der Waals surface area (Å²) in [5.74, 6) is 0. The lowest BCUT2D eigenvalue weighted by Crippen LogP contribution is -2.10. The van der Waals surface area contributed by atoms with Gasteiger partial charge in [0, 0.05) is 5.56 Å². The number of rotatable bonds is 1. The van der Waals surface area contributed by atoms with E-state index < -0.39 is 0 Å². The fourth-order valence-electron chi connectivity index (χ4n) is 1.47. The van der Waals surface area contributed by atoms with Crippen molar-refractivity contribution in [3.63, 3.8) is 0 Å². The zero-order valence-corrected chi connectivity index (χ0v) is 11.3. The Bertz CT molecular complexity index is 452. The molecular formula is C17H20O. The Morgan fingerprint density at radius 2 is 1.22 bits per heavy atom. The van der Waals surface area contributed by atoms with E-state index in [1.54, 1.807) is 12.1 Å². The molecule has 0 aliphatic rings. The minimum atomic E-state index is 0.293. The molecule has 0 aliphatic carbocycles. The summed E-state index contributed by atoms with van der Waals surface area (Å²) in [6, 6.07) is 19.6. The SMILES string of the molecule is CC(C)(C)c1ccccc1.O=Cc1ccccc1. The quantitative estimate of drug-likeness (QED) is 0.671. The second kappa shape index (κ2) is 6.75. The van der Waals surface area contributed by atoms with Crippen molar-refractivity contribution in [2.45, 2.75) is 26.2 Å². The highest BCUT2D eigenvalue weighted by Gasteiger charge is 2.11. The van der Waals surface area contributed by atoms with Gasteiger partial charge >= 0.3 is 0 Å². The molecule has 0 saturated heterocycles. The summed E-state index contributed by atoms with van der Waals surface area (Å²) < 4.78 is 0. The van der Waals surface area contributed by atoms with E-state index in [2.05, 4.69) is 51.1 Å². The first kappa shape index (κ1) is 14.2. The van der Waals surface area contributed by atoms with Gasteiger partial charge in [0.1, 0.15) is 6.29 Å². The summed E-state index contributed by atoms with van der Waals surface area (Å²) in [5, 5.41) is 0. The van der Waals surface area contributed by atoms with E-state index in [0.717, 1.165) is 11.8 Å². The highest BCUT2D eigenvalue weighted by Crippen LogP contribution is 2.20. The molecule has 1 heteroatoms. The van der Waals surface area contributed by atoms with Crippen LogP contribution in [0.15, 0.2) is 60.7 Å². The van der Waals surface area contributed by atoms with Crippen LogP contribution in [0.1, 0.15) is 36.7 Å². The van der Waals surface area contributed by atoms with Crippen molar-refractivity contribution >= 4 is 6.29 Å². The molecule has 0 aliphatic heterocycles. The third kappa shape index (κ3) is 4.96. The molecule has 0 fully saturated rings. The van der Waals surface area contributed by atoms with E-state index in [-0.39, 0.29) is 0 Å². The van der Waals surface area contributed by atoms with Gasteiger partial charge in [-0.05, 0) is 11.0 Å². The molecule has 2 aromatic rings. The predicted octanol–water partition coefficient (Wildman–Crippen LogP) is 4.48. The van der Waals surface area contributed by atoms with Crippen molar-refractivity contribution in [3.8, 4) is 0 Å². The fraction of sp³-hybridized carbons (Fsp3) is 0.235. The van der Waals surface area contributed by atoms with E-state index >= 15 is 0 Å². The lowest BCUT2D eigenvalue weighted by molar-refractivity contribution is 0.112. The second-order valence-corrected chi connectivity index (χ2v) is 5.14. The molecule has 0 heterocycles. The minimum Gasteiger partial charge on any atom is -0.298 e. The molecule has 0 amide bonds. The first-order valence-electron chi connectivity index (χ1n) is 6.10. The van der Waals surface area contributed by atoms with Crippen LogP contribution in [0, 0.1) is 0 Å². The molecule has 0 aromatic heterocycles. The van der Waals surface area contributed by atoms with Crippen LogP contribution < -0.4 is 0 Å². The van der Waals surface area contributed by atoms with Gasteiger partial charge in [0.25, 0.3) is 0 Å². The Morgan fingerprint density at radius 1 is 0.778 bits per heavy atom. The van der Waals surface area contributed by atoms with Crippen LogP contribution in [-0.2, 0) is 5.41 Å². The van der Waals surface area contributed by atoms with Gasteiger partial charge < -0.3 is 0 Å². The van der Waals surface area contributed by atoms with Crippen molar-refractivity contribution in [1.29, 1.82) is 0 Å². The third-order valence-corrected chi connectivity index (χ3v) is 2.58. The molecule has 0 saturated carbocycles. The van der Waals surface area contributed by atoms with Gasteiger partial charge in [-0.2, -0.15) is 0 Å². The fourth-order valence-corrected chi connectivity index (χ4v) is 1.47. The number of hydrogen-bond donors (Lipinski definition) is 0. The summed E-state index contributed by atoms with van der Waals surface area (Å²) in [6.45, 7) is 6.67. The van der Waals surface area contributed by atoms with Crippen molar-refractivity contribution in [1.82, 2.24) is 0 Å². The smallest absolute Gasteiger partial charge is 0.150 e. The second-order valence-electron chi connectivity index (χ2n) is 5.14. The molecule has 0 radical (unpaired) electrons. The summed E-state index contributed by atoms with van der Waals surface area (Å²) in [5.41, 5.74) is 2.42. The van der Waals surface area contributed by atoms with Crippen LogP contribution in [0.5, 0.6) is 0 Å². The number of carbonyl (C=O) groups is 1. The van der Waals surface area contributed by atoms with Gasteiger partial charge in [-0.15, -0.1) is 0 Å². The van der Waals surface area contributed by atoms with E-state index in [4.69, 9.17) is 0 Å². The number of hydrogen-bond acceptors (Lipinski definition) is 1. The lowest BCUT2D eigenvalue weighted by Gasteiger charge is -2.18. The van der Waals surface area contributed by atoms with Crippen LogP contribution in [0.3, 0.4) is 0 Å². The maximum atomic E-state index is 10.0. The largest absolute Gasteiger partial charge is 0.298 e. The summed E-state index contributed by atoms with van der Waals surface area (Å²) >= 11 is 0. The zero-order valence-electron chi connectivity index (χ0n) is 11.3. The van der Waals surface area contributed by atoms with Gasteiger partial charge in [0.05, 0.1) is 0 Å². The Morgan fingerprint density at radius 3 is 1.50 bits per heavy atom. The predicted molar refractivity (Wildman–Crippen MR) is 77.0 cm³/mol. The molecule has 0 N–H and O–H groups in total. The third-order valence-electron chi connectivity index (χ3n) is 2.58. The lowest BCUT2D eigenvalue weighted by atomic mass is 9.87. The van der Waals surface area contributed by atoms with Gasteiger partial charge in [-0.1, -0.05) is 81.4 Å². The van der Waals surface area contributed by atoms with E-state index in [0.29, 0.717) is 5.41 Å². The highest BCUT2D eigenvalue weighted by atomic mass is 16.1. The average Bonchev–Trinajstić information content (AvgIpc) is 2.40. The first-order chi connectivity index (χ1) is 8.54. The molecule has 0 unspecified atom stereocenters. The summed E-state index contributed by atoms with van der Waals surface area (Å²) in [6.07, 6.45) is 0.833. The Hall–Kier alpha value is -1.89. The van der Waals surface area contributed by atoms with E-state index in [1.807, 2.05) is 18.2 Å². The number of benzene rings is 2. The van der Waals surface area contributed by atoms with E-state index in [1.165, 1.54) is 5.56 Å². The molecule has 18 heavy (non-hydrogen) atoms. The van der Waals surface area contributed by atoms with Crippen LogP contribution >= 0.6 is 0 Å². The molecule has 0 atom stereocenters. The van der Waals surface area contributed by atoms with Crippen LogP contribution in [0.2, 0.25) is 0 Å². The molecule has 1 nitrogen and oxygen atoms in total. The zero-order chi connectivity index (χ0) is 13.4. The monoisotopic (exact) mass is 240 g/mol. The van der Waals surface area contributed by atoms with Crippen molar-refractivity contribution < 1.29 is 4.79 Å². The van der Waals surface area contributed by atoms with Crippen molar-refractivity contribution in [2.24, 2.45) is 0 Å². The molecule has 2 aromatic carbocycles. The average molecular weight is 240 g/mol. The normalized spacial score (nSPS) is 10.2. The molecule has 0 bridgehead atoms. The Balaban J connectivity index is 0.000000184. The van der Waals surface area contributed by atoms with Gasteiger partial charge in [-0.3, -0.25) is 4.79 Å². The van der Waals surface area contributed by atoms with Crippen LogP contribution in [0.25, 0.3) is 0 Å². The van der Waals surface area contributed by atoms with Gasteiger partial charge in [-0.25, -0.2) is 0 Å². The Kier molecular flexibility index (Phi) is 5.31. The first-order valence-corrected chi connectivity index (χ1v) is 6.10. The maximum Gasteiger partial charge on any atom is 0.150 e. The maximum absolute atomic E-state index is 10.0. The number of carbonyl (C=O) groups excluding carboxylic acids is 1. The van der Waals surface area contributed by atoms with Gasteiger partial charge in [0.15, 0.2) is 0 Å². The van der Waals surface area contributed by atoms with E-state index in [9.17, 15) is 4.79 Å². The minimum absolute atomic E-state index is 0.293. The highest BCUT2D eigenvalue weighted by molar-refractivity contribution is 5.74. The topological polar surface area (TPSA) is 17.1 Å². The molecule has 0 spiro atoms. The molecule has 2 rings (SSSR count). The summed E-state index contributed by atoms with van der Waals surface area (Å²) in [4.78, 5) is 10.0. The number of aldehydes is 1. The Labute approximate surface area is 109 Å². The van der Waals surface area contributed by atoms with Crippen LogP contribution in [-0.4, -0.2) is 6.29 Å². The van der Waals surface area contributed by atoms with Crippen molar-refractivity contribution in [2.75, 3.05) is 0 Å². The van der Waals surface area contributed by atoms with Crippen molar-refractivity contribution in [3.05, 3.63) is 71.8 Å². The van der Waals surface area contributed by atoms with Crippen LogP contribution in [0.4, 0.5) is 0 Å². The molecular weight excluding hydrogens is 220 g/mol. The van der Waals surface area contributed by atoms with Gasteiger partial charge in [0.2, 0.25) is 0 Å². The molecule has 94 valence electrons. The summed E-state index contributed by atoms with van der Waals surface area (Å²) in [7, 11) is 0. The standard InChI is InChI=1S/C10H14.C7H6O/c1-10(2,3)9-7-5-4-6-8-9;8-6-7-4-2-1-3-5-7/h4-8H,1-3H3;1-6H.